The van der Waals surface area contributed by atoms with Gasteiger partial charge in [0.25, 0.3) is 0 Å². The summed E-state index contributed by atoms with van der Waals surface area (Å²) in [5, 5.41) is 1.70. The fourth-order valence-electron chi connectivity index (χ4n) is 1.49. The molecule has 0 bridgehead atoms. The number of fused-ring (bicyclic) bond motifs is 1. The van der Waals surface area contributed by atoms with Crippen LogP contribution in [0.3, 0.4) is 0 Å². The molecule has 72 valence electrons. The lowest BCUT2D eigenvalue weighted by atomic mass is 10.1. The Kier molecular flexibility index (Phi) is 2.13. The summed E-state index contributed by atoms with van der Waals surface area (Å²) in [6.07, 6.45) is 1.70. The van der Waals surface area contributed by atoms with Crippen LogP contribution in [-0.4, -0.2) is 13.4 Å². The van der Waals surface area contributed by atoms with Gasteiger partial charge in [-0.15, -0.1) is 0 Å². The Labute approximate surface area is 82.6 Å². The van der Waals surface area contributed by atoms with Crippen molar-refractivity contribution in [3.05, 3.63) is 40.7 Å². The van der Waals surface area contributed by atoms with E-state index in [9.17, 15) is 8.42 Å². The third-order valence-corrected chi connectivity index (χ3v) is 2.85. The number of aromatic nitrogens is 1. The summed E-state index contributed by atoms with van der Waals surface area (Å²) < 4.78 is 22.0. The second-order valence-electron chi connectivity index (χ2n) is 3.08. The molecule has 0 radical (unpaired) electrons. The number of pyridine rings is 1. The van der Waals surface area contributed by atoms with Gasteiger partial charge < -0.3 is 4.98 Å². The predicted octanol–water partition coefficient (Wildman–Crippen LogP) is 1.89. The number of hydrogen-bond donors (Lipinski definition) is 1. The molecule has 0 amide bonds. The quantitative estimate of drug-likeness (QED) is 0.670. The molecule has 2 aromatic rings. The second kappa shape index (κ2) is 3.31. The Morgan fingerprint density at radius 3 is 2.43 bits per heavy atom. The molecular weight excluding hydrogens is 198 g/mol. The van der Waals surface area contributed by atoms with E-state index in [1.165, 1.54) is 0 Å². The lowest BCUT2D eigenvalue weighted by molar-refractivity contribution is 0.624. The minimum Gasteiger partial charge on any atom is -0.348 e. The maximum absolute atomic E-state index is 10.9. The Balaban J connectivity index is 3.21. The summed E-state index contributed by atoms with van der Waals surface area (Å²) >= 11 is 0. The normalized spacial score (nSPS) is 10.4. The second-order valence-corrected chi connectivity index (χ2v) is 3.96. The number of hydrogen-bond acceptors (Lipinski definition) is 2. The number of rotatable bonds is 0. The van der Waals surface area contributed by atoms with Crippen LogP contribution in [0.15, 0.2) is 30.5 Å². The number of aromatic amines is 1. The molecule has 0 saturated carbocycles. The third kappa shape index (κ3) is 1.33. The first kappa shape index (κ1) is 9.02. The molecule has 0 spiro atoms. The first-order chi connectivity index (χ1) is 6.70. The fourth-order valence-corrected chi connectivity index (χ4v) is 2.00. The summed E-state index contributed by atoms with van der Waals surface area (Å²) in [6.45, 7) is 1.94. The molecule has 2 rings (SSSR count). The molecule has 1 aromatic heterocycles. The summed E-state index contributed by atoms with van der Waals surface area (Å²) in [7, 11) is -2.22. The Morgan fingerprint density at radius 2 is 1.79 bits per heavy atom. The summed E-state index contributed by atoms with van der Waals surface area (Å²) in [4.78, 5) is 2.77. The van der Waals surface area contributed by atoms with E-state index in [4.69, 9.17) is 0 Å². The third-order valence-electron chi connectivity index (χ3n) is 2.18. The van der Waals surface area contributed by atoms with E-state index in [1.54, 1.807) is 12.3 Å². The van der Waals surface area contributed by atoms with Gasteiger partial charge in [-0.3, -0.25) is 0 Å². The van der Waals surface area contributed by atoms with Gasteiger partial charge in [-0.05, 0) is 17.9 Å². The maximum atomic E-state index is 10.9. The number of nitrogens with one attached hydrogen (secondary N) is 1. The zero-order chi connectivity index (χ0) is 10.1. The van der Waals surface area contributed by atoms with Crippen LogP contribution >= 0.6 is 0 Å². The average molecular weight is 207 g/mol. The van der Waals surface area contributed by atoms with E-state index in [-0.39, 0.29) is 4.64 Å². The molecule has 14 heavy (non-hydrogen) atoms. The first-order valence-electron chi connectivity index (χ1n) is 4.19. The molecule has 0 aliphatic heterocycles. The van der Waals surface area contributed by atoms with Gasteiger partial charge in [0.2, 0.25) is 10.3 Å². The van der Waals surface area contributed by atoms with Crippen LogP contribution < -0.4 is 0 Å². The van der Waals surface area contributed by atoms with Crippen molar-refractivity contribution >= 4 is 21.1 Å². The van der Waals surface area contributed by atoms with Crippen LogP contribution in [0.25, 0.3) is 10.8 Å². The highest BCUT2D eigenvalue weighted by Crippen LogP contribution is 2.16. The van der Waals surface area contributed by atoms with Gasteiger partial charge in [-0.2, -0.15) is 8.42 Å². The molecule has 0 fully saturated rings. The monoisotopic (exact) mass is 207 g/mol. The van der Waals surface area contributed by atoms with Crippen LogP contribution in [0.2, 0.25) is 0 Å². The summed E-state index contributed by atoms with van der Waals surface area (Å²) in [5.41, 5.74) is 1.04. The summed E-state index contributed by atoms with van der Waals surface area (Å²) in [5.74, 6) is 0. The SMILES string of the molecule is Cc1c[nH]c(=S(=O)=O)c2ccccc12. The lowest BCUT2D eigenvalue weighted by Crippen LogP contribution is -1.85. The molecule has 4 heteroatoms. The van der Waals surface area contributed by atoms with E-state index in [0.29, 0.717) is 0 Å². The van der Waals surface area contributed by atoms with E-state index >= 15 is 0 Å². The standard InChI is InChI=1S/C10H9NO2S/c1-7-6-11-10(14(12)13)9-5-3-2-4-8(7)9/h2-6,11H,1H3. The molecule has 1 aromatic carbocycles. The number of benzene rings is 1. The maximum Gasteiger partial charge on any atom is 0.238 e. The molecule has 1 heterocycles. The van der Waals surface area contributed by atoms with Gasteiger partial charge in [0.05, 0.1) is 0 Å². The zero-order valence-corrected chi connectivity index (χ0v) is 8.43. The van der Waals surface area contributed by atoms with Crippen LogP contribution in [0.1, 0.15) is 5.56 Å². The summed E-state index contributed by atoms with van der Waals surface area (Å²) in [6, 6.07) is 7.43. The van der Waals surface area contributed by atoms with Crippen molar-refractivity contribution in [2.24, 2.45) is 0 Å². The largest absolute Gasteiger partial charge is 0.348 e. The molecule has 3 nitrogen and oxygen atoms in total. The number of aryl methyl sites for hydroxylation is 1. The van der Waals surface area contributed by atoms with Gasteiger partial charge in [-0.25, -0.2) is 0 Å². The highest BCUT2D eigenvalue weighted by atomic mass is 32.2. The van der Waals surface area contributed by atoms with Crippen molar-refractivity contribution in [2.75, 3.05) is 0 Å². The van der Waals surface area contributed by atoms with Gasteiger partial charge in [-0.1, -0.05) is 24.3 Å². The Hall–Kier alpha value is -1.55. The first-order valence-corrected chi connectivity index (χ1v) is 5.27. The van der Waals surface area contributed by atoms with Crippen molar-refractivity contribution in [2.45, 2.75) is 6.92 Å². The van der Waals surface area contributed by atoms with Gasteiger partial charge in [0.1, 0.15) is 0 Å². The Bertz CT molecular complexity index is 645. The van der Waals surface area contributed by atoms with E-state index in [0.717, 1.165) is 16.3 Å². The number of H-pyrrole nitrogens is 1. The minimum absolute atomic E-state index is 0.242. The predicted molar refractivity (Wildman–Crippen MR) is 55.2 cm³/mol. The molecular formula is C10H9NO2S. The molecule has 1 N–H and O–H groups in total. The van der Waals surface area contributed by atoms with Crippen LogP contribution in [-0.2, 0) is 10.3 Å². The molecule has 0 aliphatic rings. The van der Waals surface area contributed by atoms with Crippen molar-refractivity contribution in [1.29, 1.82) is 0 Å². The average Bonchev–Trinajstić information content (AvgIpc) is 2.18. The Morgan fingerprint density at radius 1 is 1.14 bits per heavy atom. The molecule has 0 aliphatic carbocycles. The topological polar surface area (TPSA) is 49.9 Å². The van der Waals surface area contributed by atoms with Crippen LogP contribution in [0, 0.1) is 11.6 Å². The molecule has 0 unspecified atom stereocenters. The highest BCUT2D eigenvalue weighted by Gasteiger charge is 1.98. The van der Waals surface area contributed by atoms with Crippen LogP contribution in [0.4, 0.5) is 0 Å². The van der Waals surface area contributed by atoms with Gasteiger partial charge >= 0.3 is 0 Å². The van der Waals surface area contributed by atoms with Gasteiger partial charge in [0, 0.05) is 11.6 Å². The smallest absolute Gasteiger partial charge is 0.238 e. The fraction of sp³-hybridized carbons (Fsp3) is 0.100. The lowest BCUT2D eigenvalue weighted by Gasteiger charge is -1.99. The van der Waals surface area contributed by atoms with Crippen molar-refractivity contribution in [3.8, 4) is 0 Å². The van der Waals surface area contributed by atoms with Crippen molar-refractivity contribution < 1.29 is 8.42 Å². The van der Waals surface area contributed by atoms with Gasteiger partial charge in [0.15, 0.2) is 4.64 Å². The van der Waals surface area contributed by atoms with E-state index in [2.05, 4.69) is 4.98 Å². The van der Waals surface area contributed by atoms with Crippen molar-refractivity contribution in [1.82, 2.24) is 4.98 Å². The minimum atomic E-state index is -2.22. The highest BCUT2D eigenvalue weighted by molar-refractivity contribution is 7.64. The van der Waals surface area contributed by atoms with E-state index in [1.807, 2.05) is 25.1 Å². The van der Waals surface area contributed by atoms with E-state index < -0.39 is 10.3 Å². The molecule has 0 saturated heterocycles. The van der Waals surface area contributed by atoms with Crippen molar-refractivity contribution in [3.63, 3.8) is 0 Å². The molecule has 0 atom stereocenters. The van der Waals surface area contributed by atoms with Crippen LogP contribution in [0.5, 0.6) is 0 Å². The zero-order valence-electron chi connectivity index (χ0n) is 7.61.